The van der Waals surface area contributed by atoms with Gasteiger partial charge in [-0.25, -0.2) is 0 Å². The van der Waals surface area contributed by atoms with E-state index in [0.29, 0.717) is 5.56 Å². The molecule has 0 radical (unpaired) electrons. The van der Waals surface area contributed by atoms with Crippen molar-refractivity contribution in [2.75, 3.05) is 20.6 Å². The van der Waals surface area contributed by atoms with Crippen LogP contribution in [0.3, 0.4) is 0 Å². The lowest BCUT2D eigenvalue weighted by Crippen LogP contribution is -2.15. The second-order valence-corrected chi connectivity index (χ2v) is 3.20. The lowest BCUT2D eigenvalue weighted by Gasteiger charge is -2.09. The molecule has 1 aromatic heterocycles. The first-order valence-corrected chi connectivity index (χ1v) is 4.21. The van der Waals surface area contributed by atoms with Crippen LogP contribution in [0, 0.1) is 11.3 Å². The summed E-state index contributed by atoms with van der Waals surface area (Å²) in [5.41, 5.74) is 1.76. The summed E-state index contributed by atoms with van der Waals surface area (Å²) in [5, 5.41) is 8.78. The van der Waals surface area contributed by atoms with Gasteiger partial charge in [0.2, 0.25) is 0 Å². The number of rotatable bonds is 3. The summed E-state index contributed by atoms with van der Waals surface area (Å²) in [6.07, 6.45) is 4.25. The molecule has 0 saturated carbocycles. The van der Waals surface area contributed by atoms with Crippen LogP contribution in [0.25, 0.3) is 0 Å². The highest BCUT2D eigenvalue weighted by atomic mass is 15.0. The third-order valence-corrected chi connectivity index (χ3v) is 1.86. The molecule has 1 aromatic rings. The molecule has 0 amide bonds. The average molecular weight is 175 g/mol. The van der Waals surface area contributed by atoms with Gasteiger partial charge in [-0.15, -0.1) is 0 Å². The molecule has 0 saturated heterocycles. The van der Waals surface area contributed by atoms with Crippen molar-refractivity contribution < 1.29 is 0 Å². The highest BCUT2D eigenvalue weighted by Gasteiger charge is 2.00. The Morgan fingerprint density at radius 3 is 2.92 bits per heavy atom. The van der Waals surface area contributed by atoms with Gasteiger partial charge in [-0.3, -0.25) is 4.98 Å². The Bertz CT molecular complexity index is 312. The second-order valence-electron chi connectivity index (χ2n) is 3.20. The molecule has 0 fully saturated rings. The maximum atomic E-state index is 8.78. The average Bonchev–Trinajstić information content (AvgIpc) is 2.15. The molecule has 0 aliphatic heterocycles. The van der Waals surface area contributed by atoms with Gasteiger partial charge < -0.3 is 4.90 Å². The normalized spacial score (nSPS) is 10.0. The zero-order valence-electron chi connectivity index (χ0n) is 7.99. The third-order valence-electron chi connectivity index (χ3n) is 1.86. The van der Waals surface area contributed by atoms with E-state index < -0.39 is 0 Å². The maximum absolute atomic E-state index is 8.78. The largest absolute Gasteiger partial charge is 0.309 e. The zero-order valence-corrected chi connectivity index (χ0v) is 7.99. The summed E-state index contributed by atoms with van der Waals surface area (Å²) in [4.78, 5) is 6.01. The van der Waals surface area contributed by atoms with Gasteiger partial charge >= 0.3 is 0 Å². The van der Waals surface area contributed by atoms with Gasteiger partial charge in [-0.2, -0.15) is 5.26 Å². The highest BCUT2D eigenvalue weighted by molar-refractivity contribution is 5.34. The monoisotopic (exact) mass is 175 g/mol. The van der Waals surface area contributed by atoms with Gasteiger partial charge in [-0.05, 0) is 32.1 Å². The quantitative estimate of drug-likeness (QED) is 0.689. The van der Waals surface area contributed by atoms with Crippen molar-refractivity contribution in [2.45, 2.75) is 6.42 Å². The van der Waals surface area contributed by atoms with Gasteiger partial charge in [0.05, 0.1) is 5.56 Å². The van der Waals surface area contributed by atoms with Crippen LogP contribution in [-0.4, -0.2) is 30.5 Å². The van der Waals surface area contributed by atoms with Crippen LogP contribution in [0.5, 0.6) is 0 Å². The van der Waals surface area contributed by atoms with Gasteiger partial charge in [-0.1, -0.05) is 0 Å². The Hall–Kier alpha value is -1.40. The third kappa shape index (κ3) is 2.85. The minimum Gasteiger partial charge on any atom is -0.309 e. The number of pyridine rings is 1. The summed E-state index contributed by atoms with van der Waals surface area (Å²) in [7, 11) is 4.04. The van der Waals surface area contributed by atoms with Crippen molar-refractivity contribution in [1.29, 1.82) is 5.26 Å². The molecule has 0 spiro atoms. The minimum absolute atomic E-state index is 0.685. The second kappa shape index (κ2) is 4.58. The number of hydrogen-bond acceptors (Lipinski definition) is 3. The van der Waals surface area contributed by atoms with Crippen LogP contribution in [0.1, 0.15) is 11.1 Å². The summed E-state index contributed by atoms with van der Waals surface area (Å²) >= 11 is 0. The van der Waals surface area contributed by atoms with E-state index in [-0.39, 0.29) is 0 Å². The Morgan fingerprint density at radius 1 is 1.54 bits per heavy atom. The van der Waals surface area contributed by atoms with E-state index in [2.05, 4.69) is 16.0 Å². The van der Waals surface area contributed by atoms with E-state index >= 15 is 0 Å². The summed E-state index contributed by atoms with van der Waals surface area (Å²) in [6, 6.07) is 4.04. The number of hydrogen-bond donors (Lipinski definition) is 0. The van der Waals surface area contributed by atoms with Crippen molar-refractivity contribution in [3.8, 4) is 6.07 Å². The summed E-state index contributed by atoms with van der Waals surface area (Å²) in [5.74, 6) is 0. The van der Waals surface area contributed by atoms with E-state index in [9.17, 15) is 0 Å². The Balaban J connectivity index is 2.71. The SMILES string of the molecule is CN(C)CCc1ccncc1C#N. The van der Waals surface area contributed by atoms with Gasteiger partial charge in [0.15, 0.2) is 0 Å². The maximum Gasteiger partial charge on any atom is 0.101 e. The topological polar surface area (TPSA) is 39.9 Å². The number of nitriles is 1. The standard InChI is InChI=1S/C10H13N3/c1-13(2)6-4-9-3-5-12-8-10(9)7-11/h3,5,8H,4,6H2,1-2H3. The minimum atomic E-state index is 0.685. The summed E-state index contributed by atoms with van der Waals surface area (Å²) in [6.45, 7) is 0.957. The van der Waals surface area contributed by atoms with Crippen LogP contribution in [0.2, 0.25) is 0 Å². The fourth-order valence-corrected chi connectivity index (χ4v) is 1.09. The molecule has 13 heavy (non-hydrogen) atoms. The van der Waals surface area contributed by atoms with Crippen LogP contribution in [0.4, 0.5) is 0 Å². The fourth-order valence-electron chi connectivity index (χ4n) is 1.09. The predicted octanol–water partition coefficient (Wildman–Crippen LogP) is 1.06. The van der Waals surface area contributed by atoms with Crippen molar-refractivity contribution in [1.82, 2.24) is 9.88 Å². The van der Waals surface area contributed by atoms with Gasteiger partial charge in [0, 0.05) is 18.9 Å². The number of likely N-dealkylation sites (N-methyl/N-ethyl adjacent to an activating group) is 1. The van der Waals surface area contributed by atoms with Gasteiger partial charge in [0.25, 0.3) is 0 Å². The predicted molar refractivity (Wildman–Crippen MR) is 51.2 cm³/mol. The first-order valence-electron chi connectivity index (χ1n) is 4.21. The van der Waals surface area contributed by atoms with Crippen LogP contribution in [0.15, 0.2) is 18.5 Å². The van der Waals surface area contributed by atoms with Crippen molar-refractivity contribution in [3.63, 3.8) is 0 Å². The fraction of sp³-hybridized carbons (Fsp3) is 0.400. The van der Waals surface area contributed by atoms with Crippen molar-refractivity contribution in [2.24, 2.45) is 0 Å². The Morgan fingerprint density at radius 2 is 2.31 bits per heavy atom. The molecule has 68 valence electrons. The molecule has 0 unspecified atom stereocenters. The van der Waals surface area contributed by atoms with Crippen LogP contribution in [-0.2, 0) is 6.42 Å². The lowest BCUT2D eigenvalue weighted by atomic mass is 10.1. The van der Waals surface area contributed by atoms with E-state index in [0.717, 1.165) is 18.5 Å². The Labute approximate surface area is 78.6 Å². The van der Waals surface area contributed by atoms with Crippen LogP contribution >= 0.6 is 0 Å². The zero-order chi connectivity index (χ0) is 9.68. The molecule has 0 aliphatic carbocycles. The van der Waals surface area contributed by atoms with E-state index in [1.54, 1.807) is 12.4 Å². The molecule has 0 aliphatic rings. The highest BCUT2D eigenvalue weighted by Crippen LogP contribution is 2.06. The molecule has 1 rings (SSSR count). The molecule has 3 heteroatoms. The lowest BCUT2D eigenvalue weighted by molar-refractivity contribution is 0.413. The number of nitrogens with zero attached hydrogens (tertiary/aromatic N) is 3. The van der Waals surface area contributed by atoms with Crippen LogP contribution < -0.4 is 0 Å². The van der Waals surface area contributed by atoms with E-state index in [1.165, 1.54) is 0 Å². The van der Waals surface area contributed by atoms with E-state index in [4.69, 9.17) is 5.26 Å². The first-order chi connectivity index (χ1) is 6.24. The first kappa shape index (κ1) is 9.69. The molecule has 0 N–H and O–H groups in total. The summed E-state index contributed by atoms with van der Waals surface area (Å²) < 4.78 is 0. The molecule has 1 heterocycles. The molecule has 0 atom stereocenters. The molecule has 0 bridgehead atoms. The smallest absolute Gasteiger partial charge is 0.101 e. The van der Waals surface area contributed by atoms with Gasteiger partial charge in [0.1, 0.15) is 6.07 Å². The Kier molecular flexibility index (Phi) is 3.41. The van der Waals surface area contributed by atoms with E-state index in [1.807, 2.05) is 20.2 Å². The van der Waals surface area contributed by atoms with Crippen molar-refractivity contribution in [3.05, 3.63) is 29.6 Å². The molecule has 0 aromatic carbocycles. The number of aromatic nitrogens is 1. The molecular weight excluding hydrogens is 162 g/mol. The molecular formula is C10H13N3. The molecule has 3 nitrogen and oxygen atoms in total. The van der Waals surface area contributed by atoms with Crippen molar-refractivity contribution >= 4 is 0 Å².